The molecule has 1 unspecified atom stereocenters. The number of carbonyl (C=O) groups is 1. The molecule has 31 heavy (non-hydrogen) atoms. The molecule has 1 heterocycles. The topological polar surface area (TPSA) is 50.4 Å². The zero-order chi connectivity index (χ0) is 21.2. The highest BCUT2D eigenvalue weighted by Crippen LogP contribution is 2.43. The summed E-state index contributed by atoms with van der Waals surface area (Å²) in [6, 6.07) is 26.2. The number of hydrogen-bond donors (Lipinski definition) is 1. The van der Waals surface area contributed by atoms with Gasteiger partial charge in [0.1, 0.15) is 16.8 Å². The third kappa shape index (κ3) is 2.67. The minimum Gasteiger partial charge on any atom is -0.456 e. The van der Waals surface area contributed by atoms with Gasteiger partial charge in [-0.05, 0) is 47.5 Å². The van der Waals surface area contributed by atoms with Crippen LogP contribution < -0.4 is 0 Å². The maximum absolute atomic E-state index is 13.1. The van der Waals surface area contributed by atoms with Gasteiger partial charge in [0.15, 0.2) is 5.78 Å². The first-order chi connectivity index (χ1) is 15.0. The van der Waals surface area contributed by atoms with Crippen molar-refractivity contribution in [3.05, 3.63) is 118 Å². The third-order valence-corrected chi connectivity index (χ3v) is 6.43. The lowest BCUT2D eigenvalue weighted by Gasteiger charge is -2.36. The van der Waals surface area contributed by atoms with Gasteiger partial charge in [0.2, 0.25) is 0 Å². The molecule has 1 aliphatic rings. The van der Waals surface area contributed by atoms with Gasteiger partial charge in [0.25, 0.3) is 0 Å². The molecule has 0 amide bonds. The number of para-hydroxylation sites is 1. The number of fused-ring (bicyclic) bond motifs is 5. The molecule has 4 heteroatoms. The van der Waals surface area contributed by atoms with Gasteiger partial charge in [-0.2, -0.15) is 0 Å². The lowest BCUT2D eigenvalue weighted by atomic mass is 9.71. The average molecular weight is 425 g/mol. The van der Waals surface area contributed by atoms with E-state index < -0.39 is 5.60 Å². The molecular weight excluding hydrogens is 408 g/mol. The molecule has 5 aromatic rings. The summed E-state index contributed by atoms with van der Waals surface area (Å²) >= 11 is 6.28. The Labute approximate surface area is 183 Å². The van der Waals surface area contributed by atoms with E-state index in [1.54, 1.807) is 24.3 Å². The number of halogens is 1. The van der Waals surface area contributed by atoms with Gasteiger partial charge < -0.3 is 9.52 Å². The van der Waals surface area contributed by atoms with Gasteiger partial charge in [0, 0.05) is 38.9 Å². The summed E-state index contributed by atoms with van der Waals surface area (Å²) < 4.78 is 5.94. The maximum atomic E-state index is 13.1. The Kier molecular flexibility index (Phi) is 3.88. The van der Waals surface area contributed by atoms with Crippen LogP contribution in [0.15, 0.2) is 89.3 Å². The van der Waals surface area contributed by atoms with Crippen molar-refractivity contribution in [1.82, 2.24) is 0 Å². The Morgan fingerprint density at radius 1 is 0.774 bits per heavy atom. The van der Waals surface area contributed by atoms with Crippen LogP contribution in [0.5, 0.6) is 0 Å². The zero-order valence-electron chi connectivity index (χ0n) is 16.4. The van der Waals surface area contributed by atoms with E-state index in [2.05, 4.69) is 6.07 Å². The molecule has 1 atom stereocenters. The van der Waals surface area contributed by atoms with E-state index in [1.807, 2.05) is 54.6 Å². The van der Waals surface area contributed by atoms with Crippen molar-refractivity contribution in [2.75, 3.05) is 0 Å². The van der Waals surface area contributed by atoms with Crippen molar-refractivity contribution in [3.8, 4) is 0 Å². The van der Waals surface area contributed by atoms with Crippen LogP contribution in [0.4, 0.5) is 0 Å². The molecule has 1 N–H and O–H groups in total. The second-order valence-electron chi connectivity index (χ2n) is 8.03. The Hall–Kier alpha value is -3.40. The number of furan rings is 1. The molecular formula is C27H17ClO3. The molecule has 1 aromatic heterocycles. The molecule has 4 aromatic carbocycles. The van der Waals surface area contributed by atoms with Crippen molar-refractivity contribution >= 4 is 39.3 Å². The SMILES string of the molecule is O=C1c2ccccc2C(O)(Cc2ccc3oc4ccccc4c3c2)c2cc(Cl)ccc21. The van der Waals surface area contributed by atoms with Gasteiger partial charge in [0.05, 0.1) is 0 Å². The van der Waals surface area contributed by atoms with Gasteiger partial charge >= 0.3 is 0 Å². The molecule has 0 saturated heterocycles. The summed E-state index contributed by atoms with van der Waals surface area (Å²) in [4.78, 5) is 13.1. The second kappa shape index (κ2) is 6.55. The number of ketones is 1. The summed E-state index contributed by atoms with van der Waals surface area (Å²) in [6.07, 6.45) is 0.306. The standard InChI is InChI=1S/C27H17ClO3/c28-17-10-11-20-23(14-17)27(30,22-7-3-1-6-19(22)26(20)29)15-16-9-12-25-21(13-16)18-5-2-4-8-24(18)31-25/h1-14,30H,15H2. The molecule has 0 fully saturated rings. The van der Waals surface area contributed by atoms with E-state index >= 15 is 0 Å². The third-order valence-electron chi connectivity index (χ3n) is 6.19. The number of benzene rings is 4. The largest absolute Gasteiger partial charge is 0.456 e. The van der Waals surface area contributed by atoms with Crippen LogP contribution in [0.1, 0.15) is 32.6 Å². The fraction of sp³-hybridized carbons (Fsp3) is 0.0741. The number of rotatable bonds is 2. The van der Waals surface area contributed by atoms with E-state index in [9.17, 15) is 9.90 Å². The highest BCUT2D eigenvalue weighted by atomic mass is 35.5. The van der Waals surface area contributed by atoms with Crippen LogP contribution in [-0.4, -0.2) is 10.9 Å². The van der Waals surface area contributed by atoms with Crippen LogP contribution in [0.25, 0.3) is 21.9 Å². The van der Waals surface area contributed by atoms with E-state index in [0.29, 0.717) is 33.7 Å². The van der Waals surface area contributed by atoms with Crippen LogP contribution >= 0.6 is 11.6 Å². The quantitative estimate of drug-likeness (QED) is 0.363. The first kappa shape index (κ1) is 18.4. The Morgan fingerprint density at radius 2 is 1.52 bits per heavy atom. The first-order valence-electron chi connectivity index (χ1n) is 10.1. The minimum atomic E-state index is -1.38. The summed E-state index contributed by atoms with van der Waals surface area (Å²) in [5.41, 5.74) is 3.36. The van der Waals surface area contributed by atoms with E-state index in [4.69, 9.17) is 16.0 Å². The zero-order valence-corrected chi connectivity index (χ0v) is 17.2. The molecule has 3 nitrogen and oxygen atoms in total. The Bertz CT molecular complexity index is 1510. The maximum Gasteiger partial charge on any atom is 0.193 e. The number of hydrogen-bond acceptors (Lipinski definition) is 3. The molecule has 0 bridgehead atoms. The minimum absolute atomic E-state index is 0.0942. The molecule has 0 saturated carbocycles. The molecule has 0 spiro atoms. The van der Waals surface area contributed by atoms with E-state index in [0.717, 1.165) is 27.5 Å². The fourth-order valence-electron chi connectivity index (χ4n) is 4.76. The Morgan fingerprint density at radius 3 is 2.42 bits per heavy atom. The van der Waals surface area contributed by atoms with Gasteiger partial charge in [-0.1, -0.05) is 60.1 Å². The van der Waals surface area contributed by atoms with Crippen molar-refractivity contribution in [3.63, 3.8) is 0 Å². The smallest absolute Gasteiger partial charge is 0.193 e. The van der Waals surface area contributed by atoms with E-state index in [-0.39, 0.29) is 5.78 Å². The lowest BCUT2D eigenvalue weighted by molar-refractivity contribution is 0.0721. The number of aliphatic hydroxyl groups is 1. The predicted octanol–water partition coefficient (Wildman–Crippen LogP) is 6.26. The molecule has 150 valence electrons. The first-order valence-corrected chi connectivity index (χ1v) is 10.5. The lowest BCUT2D eigenvalue weighted by Crippen LogP contribution is -2.37. The fourth-order valence-corrected chi connectivity index (χ4v) is 4.93. The monoisotopic (exact) mass is 424 g/mol. The summed E-state index contributed by atoms with van der Waals surface area (Å²) in [6.45, 7) is 0. The molecule has 0 aliphatic heterocycles. The predicted molar refractivity (Wildman–Crippen MR) is 122 cm³/mol. The van der Waals surface area contributed by atoms with Gasteiger partial charge in [-0.3, -0.25) is 4.79 Å². The van der Waals surface area contributed by atoms with Crippen LogP contribution in [0.3, 0.4) is 0 Å². The van der Waals surface area contributed by atoms with Crippen molar-refractivity contribution in [2.45, 2.75) is 12.0 Å². The molecule has 1 aliphatic carbocycles. The average Bonchev–Trinajstić information content (AvgIpc) is 3.16. The number of carbonyl (C=O) groups excluding carboxylic acids is 1. The summed E-state index contributed by atoms with van der Waals surface area (Å²) in [7, 11) is 0. The van der Waals surface area contributed by atoms with Crippen LogP contribution in [-0.2, 0) is 12.0 Å². The summed E-state index contributed by atoms with van der Waals surface area (Å²) in [5.74, 6) is -0.0942. The second-order valence-corrected chi connectivity index (χ2v) is 8.47. The normalized spacial score (nSPS) is 17.7. The highest BCUT2D eigenvalue weighted by molar-refractivity contribution is 6.31. The Balaban J connectivity index is 1.56. The van der Waals surface area contributed by atoms with Crippen molar-refractivity contribution in [2.24, 2.45) is 0 Å². The van der Waals surface area contributed by atoms with Crippen molar-refractivity contribution in [1.29, 1.82) is 0 Å². The van der Waals surface area contributed by atoms with Gasteiger partial charge in [-0.15, -0.1) is 0 Å². The van der Waals surface area contributed by atoms with Gasteiger partial charge in [-0.25, -0.2) is 0 Å². The van der Waals surface area contributed by atoms with Crippen LogP contribution in [0, 0.1) is 0 Å². The molecule has 0 radical (unpaired) electrons. The van der Waals surface area contributed by atoms with Crippen LogP contribution in [0.2, 0.25) is 5.02 Å². The van der Waals surface area contributed by atoms with Crippen molar-refractivity contribution < 1.29 is 14.3 Å². The highest BCUT2D eigenvalue weighted by Gasteiger charge is 2.42. The molecule has 6 rings (SSSR count). The summed E-state index contributed by atoms with van der Waals surface area (Å²) in [5, 5.41) is 14.6. The van der Waals surface area contributed by atoms with E-state index in [1.165, 1.54) is 0 Å².